The Morgan fingerprint density at radius 1 is 1.15 bits per heavy atom. The van der Waals surface area contributed by atoms with Crippen LogP contribution in [0, 0.1) is 11.3 Å². The molecule has 27 heavy (non-hydrogen) atoms. The van der Waals surface area contributed by atoms with Crippen molar-refractivity contribution in [2.75, 3.05) is 0 Å². The molecule has 2 unspecified atom stereocenters. The summed E-state index contributed by atoms with van der Waals surface area (Å²) in [6, 6.07) is 16.6. The minimum atomic E-state index is -0.640. The van der Waals surface area contributed by atoms with Gasteiger partial charge >= 0.3 is 5.97 Å². The van der Waals surface area contributed by atoms with E-state index in [1.807, 2.05) is 25.1 Å². The standard InChI is InChI=1S/C24H28O3/c1-23-13-6-14-24(2,22(25)26)21(23)12-10-18-9-11-19(15-20(18)23)27-16-17-7-4-3-5-8-17/h3-5,7-9,11,15,21H,6,10,12-14,16H2,1-2H3,(H,25,26)/t21?,23?,24-/m0/s1. The maximum Gasteiger partial charge on any atom is 0.309 e. The molecule has 0 bridgehead atoms. The van der Waals surface area contributed by atoms with Crippen molar-refractivity contribution in [3.05, 3.63) is 65.2 Å². The van der Waals surface area contributed by atoms with E-state index in [1.165, 1.54) is 11.1 Å². The summed E-state index contributed by atoms with van der Waals surface area (Å²) in [6.07, 6.45) is 4.70. The normalized spacial score (nSPS) is 29.5. The first-order valence-corrected chi connectivity index (χ1v) is 9.97. The molecule has 1 N–H and O–H groups in total. The van der Waals surface area contributed by atoms with Crippen LogP contribution in [0.25, 0.3) is 0 Å². The van der Waals surface area contributed by atoms with Gasteiger partial charge in [-0.3, -0.25) is 4.79 Å². The fourth-order valence-corrected chi connectivity index (χ4v) is 5.53. The van der Waals surface area contributed by atoms with Gasteiger partial charge < -0.3 is 9.84 Å². The lowest BCUT2D eigenvalue weighted by Crippen LogP contribution is -2.52. The molecule has 2 aliphatic rings. The highest BCUT2D eigenvalue weighted by atomic mass is 16.5. The predicted octanol–water partition coefficient (Wildman–Crippen LogP) is 5.36. The Morgan fingerprint density at radius 3 is 2.67 bits per heavy atom. The average molecular weight is 364 g/mol. The minimum Gasteiger partial charge on any atom is -0.489 e. The summed E-state index contributed by atoms with van der Waals surface area (Å²) >= 11 is 0. The van der Waals surface area contributed by atoms with Crippen LogP contribution in [-0.4, -0.2) is 11.1 Å². The average Bonchev–Trinajstić information content (AvgIpc) is 2.67. The fourth-order valence-electron chi connectivity index (χ4n) is 5.53. The van der Waals surface area contributed by atoms with E-state index < -0.39 is 11.4 Å². The first-order chi connectivity index (χ1) is 12.9. The first-order valence-electron chi connectivity index (χ1n) is 9.97. The highest BCUT2D eigenvalue weighted by Gasteiger charge is 2.55. The molecule has 1 saturated carbocycles. The molecule has 0 aromatic heterocycles. The molecule has 2 aromatic rings. The van der Waals surface area contributed by atoms with Crippen molar-refractivity contribution in [2.24, 2.45) is 11.3 Å². The Labute approximate surface area is 161 Å². The van der Waals surface area contributed by atoms with E-state index in [1.54, 1.807) is 0 Å². The number of benzene rings is 2. The molecule has 4 rings (SSSR count). The van der Waals surface area contributed by atoms with Crippen LogP contribution in [0.5, 0.6) is 5.75 Å². The van der Waals surface area contributed by atoms with Crippen LogP contribution in [-0.2, 0) is 23.2 Å². The lowest BCUT2D eigenvalue weighted by atomic mass is 9.50. The van der Waals surface area contributed by atoms with Gasteiger partial charge in [-0.05, 0) is 72.8 Å². The third-order valence-corrected chi connectivity index (χ3v) is 7.07. The van der Waals surface area contributed by atoms with Gasteiger partial charge in [0.25, 0.3) is 0 Å². The van der Waals surface area contributed by atoms with E-state index in [0.717, 1.165) is 43.4 Å². The summed E-state index contributed by atoms with van der Waals surface area (Å²) in [7, 11) is 0. The zero-order valence-corrected chi connectivity index (χ0v) is 16.2. The third kappa shape index (κ3) is 3.03. The summed E-state index contributed by atoms with van der Waals surface area (Å²) in [5.41, 5.74) is 3.08. The molecule has 0 heterocycles. The first kappa shape index (κ1) is 18.1. The van der Waals surface area contributed by atoms with Crippen LogP contribution >= 0.6 is 0 Å². The van der Waals surface area contributed by atoms with Crippen LogP contribution in [0.2, 0.25) is 0 Å². The summed E-state index contributed by atoms with van der Waals surface area (Å²) in [5, 5.41) is 9.94. The number of hydrogen-bond donors (Lipinski definition) is 1. The summed E-state index contributed by atoms with van der Waals surface area (Å²) in [6.45, 7) is 4.78. The fraction of sp³-hybridized carbons (Fsp3) is 0.458. The molecular weight excluding hydrogens is 336 g/mol. The molecule has 2 aromatic carbocycles. The van der Waals surface area contributed by atoms with Crippen LogP contribution < -0.4 is 4.74 Å². The molecule has 0 amide bonds. The van der Waals surface area contributed by atoms with Gasteiger partial charge in [-0.25, -0.2) is 0 Å². The Balaban J connectivity index is 1.64. The number of aryl methyl sites for hydroxylation is 1. The van der Waals surface area contributed by atoms with Crippen LogP contribution in [0.3, 0.4) is 0 Å². The lowest BCUT2D eigenvalue weighted by Gasteiger charge is -2.53. The van der Waals surface area contributed by atoms with Gasteiger partial charge in [0, 0.05) is 0 Å². The Bertz CT molecular complexity index is 844. The van der Waals surface area contributed by atoms with E-state index in [9.17, 15) is 9.90 Å². The maximum atomic E-state index is 12.1. The molecule has 0 saturated heterocycles. The van der Waals surface area contributed by atoms with Crippen molar-refractivity contribution >= 4 is 5.97 Å². The van der Waals surface area contributed by atoms with E-state index in [-0.39, 0.29) is 11.3 Å². The Hall–Kier alpha value is -2.29. The van der Waals surface area contributed by atoms with Crippen LogP contribution in [0.4, 0.5) is 0 Å². The second-order valence-corrected chi connectivity index (χ2v) is 8.68. The van der Waals surface area contributed by atoms with E-state index >= 15 is 0 Å². The number of ether oxygens (including phenoxy) is 1. The smallest absolute Gasteiger partial charge is 0.309 e. The molecule has 142 valence electrons. The zero-order valence-electron chi connectivity index (χ0n) is 16.2. The van der Waals surface area contributed by atoms with Crippen molar-refractivity contribution in [1.29, 1.82) is 0 Å². The molecule has 2 aliphatic carbocycles. The SMILES string of the molecule is CC12CCC[C@](C)(C(=O)O)C1CCc1ccc(OCc3ccccc3)cc12. The largest absolute Gasteiger partial charge is 0.489 e. The summed E-state index contributed by atoms with van der Waals surface area (Å²) in [4.78, 5) is 12.1. The van der Waals surface area contributed by atoms with Gasteiger partial charge in [0.2, 0.25) is 0 Å². The monoisotopic (exact) mass is 364 g/mol. The number of fused-ring (bicyclic) bond motifs is 3. The van der Waals surface area contributed by atoms with E-state index in [4.69, 9.17) is 4.74 Å². The van der Waals surface area contributed by atoms with Gasteiger partial charge in [0.1, 0.15) is 12.4 Å². The van der Waals surface area contributed by atoms with E-state index in [2.05, 4.69) is 37.3 Å². The van der Waals surface area contributed by atoms with Crippen molar-refractivity contribution in [3.63, 3.8) is 0 Å². The number of aliphatic carboxylic acids is 1. The topological polar surface area (TPSA) is 46.5 Å². The molecule has 0 spiro atoms. The second-order valence-electron chi connectivity index (χ2n) is 8.68. The summed E-state index contributed by atoms with van der Waals surface area (Å²) < 4.78 is 6.07. The van der Waals surface area contributed by atoms with Gasteiger partial charge in [-0.15, -0.1) is 0 Å². The van der Waals surface area contributed by atoms with Gasteiger partial charge in [0.15, 0.2) is 0 Å². The maximum absolute atomic E-state index is 12.1. The van der Waals surface area contributed by atoms with Crippen LogP contribution in [0.1, 0.15) is 56.2 Å². The minimum absolute atomic E-state index is 0.0922. The van der Waals surface area contributed by atoms with Crippen molar-refractivity contribution in [3.8, 4) is 5.75 Å². The predicted molar refractivity (Wildman–Crippen MR) is 106 cm³/mol. The van der Waals surface area contributed by atoms with Crippen molar-refractivity contribution < 1.29 is 14.6 Å². The summed E-state index contributed by atoms with van der Waals surface area (Å²) in [5.74, 6) is 0.411. The second kappa shape index (κ2) is 6.70. The molecule has 0 aliphatic heterocycles. The number of carboxylic acid groups (broad SMARTS) is 1. The van der Waals surface area contributed by atoms with Gasteiger partial charge in [-0.2, -0.15) is 0 Å². The third-order valence-electron chi connectivity index (χ3n) is 7.07. The molecule has 0 radical (unpaired) electrons. The van der Waals surface area contributed by atoms with Gasteiger partial charge in [0.05, 0.1) is 5.41 Å². The molecule has 1 fully saturated rings. The molecule has 3 atom stereocenters. The van der Waals surface area contributed by atoms with Crippen molar-refractivity contribution in [1.82, 2.24) is 0 Å². The van der Waals surface area contributed by atoms with Crippen molar-refractivity contribution in [2.45, 2.75) is 58.0 Å². The lowest BCUT2D eigenvalue weighted by molar-refractivity contribution is -0.157. The molecular formula is C24H28O3. The number of hydrogen-bond acceptors (Lipinski definition) is 2. The van der Waals surface area contributed by atoms with Gasteiger partial charge in [-0.1, -0.05) is 49.7 Å². The Morgan fingerprint density at radius 2 is 1.93 bits per heavy atom. The number of carbonyl (C=O) groups is 1. The highest BCUT2D eigenvalue weighted by Crippen LogP contribution is 2.57. The number of rotatable bonds is 4. The zero-order chi connectivity index (χ0) is 19.1. The van der Waals surface area contributed by atoms with E-state index in [0.29, 0.717) is 6.61 Å². The molecule has 3 heteroatoms. The number of carboxylic acids is 1. The highest BCUT2D eigenvalue weighted by molar-refractivity contribution is 5.75. The Kier molecular flexibility index (Phi) is 4.49. The molecule has 3 nitrogen and oxygen atoms in total. The van der Waals surface area contributed by atoms with Crippen LogP contribution in [0.15, 0.2) is 48.5 Å². The quantitative estimate of drug-likeness (QED) is 0.794.